The molecule has 0 aliphatic carbocycles. The highest BCUT2D eigenvalue weighted by Gasteiger charge is 2.32. The van der Waals surface area contributed by atoms with Crippen LogP contribution in [0.2, 0.25) is 0 Å². The minimum absolute atomic E-state index is 0.973. The molecule has 3 heterocycles. The molecule has 0 fully saturated rings. The van der Waals surface area contributed by atoms with Gasteiger partial charge in [-0.15, -0.1) is 0 Å². The van der Waals surface area contributed by atoms with Crippen molar-refractivity contribution in [1.82, 2.24) is 4.90 Å². The van der Waals surface area contributed by atoms with E-state index in [-0.39, 0.29) is 0 Å². The van der Waals surface area contributed by atoms with Crippen molar-refractivity contribution in [2.45, 2.75) is 36.0 Å². The lowest BCUT2D eigenvalue weighted by Crippen LogP contribution is -2.35. The van der Waals surface area contributed by atoms with Crippen molar-refractivity contribution in [3.8, 4) is 0 Å². The van der Waals surface area contributed by atoms with E-state index in [1.54, 1.807) is 0 Å². The van der Waals surface area contributed by atoms with Gasteiger partial charge in [-0.2, -0.15) is 0 Å². The largest absolute Gasteiger partial charge is 0.316 e. The number of hydrogen-bond donors (Lipinski definition) is 0. The van der Waals surface area contributed by atoms with E-state index < -0.39 is 0 Å². The molecule has 3 aliphatic rings. The van der Waals surface area contributed by atoms with Crippen molar-refractivity contribution in [2.75, 3.05) is 18.0 Å². The predicted octanol–water partition coefficient (Wildman–Crippen LogP) is 5.34. The van der Waals surface area contributed by atoms with Crippen molar-refractivity contribution in [2.24, 2.45) is 4.99 Å². The van der Waals surface area contributed by atoms with Crippen LogP contribution in [0.25, 0.3) is 0 Å². The first-order chi connectivity index (χ1) is 12.3. The van der Waals surface area contributed by atoms with Crippen LogP contribution in [0, 0.1) is 6.92 Å². The SMILES string of the molecule is Cc1ccc2c(c1)N(C1=CCCN1C1=NCCC1)c1ccccc1S2. The van der Waals surface area contributed by atoms with Gasteiger partial charge in [-0.25, -0.2) is 0 Å². The molecule has 0 N–H and O–H groups in total. The van der Waals surface area contributed by atoms with E-state index in [1.807, 2.05) is 11.8 Å². The number of aliphatic imine (C=N–C) groups is 1. The maximum Gasteiger partial charge on any atom is 0.115 e. The van der Waals surface area contributed by atoms with E-state index in [1.165, 1.54) is 44.8 Å². The third-order valence-electron chi connectivity index (χ3n) is 5.03. The van der Waals surface area contributed by atoms with Gasteiger partial charge in [-0.1, -0.05) is 30.0 Å². The summed E-state index contributed by atoms with van der Waals surface area (Å²) in [7, 11) is 0. The Morgan fingerprint density at radius 2 is 1.92 bits per heavy atom. The highest BCUT2D eigenvalue weighted by Crippen LogP contribution is 2.50. The number of aryl methyl sites for hydroxylation is 1. The highest BCUT2D eigenvalue weighted by molar-refractivity contribution is 7.99. The second kappa shape index (κ2) is 5.95. The number of hydrogen-bond acceptors (Lipinski definition) is 4. The Bertz CT molecular complexity index is 900. The number of nitrogens with zero attached hydrogens (tertiary/aromatic N) is 3. The molecule has 4 heteroatoms. The van der Waals surface area contributed by atoms with Crippen LogP contribution in [-0.2, 0) is 0 Å². The van der Waals surface area contributed by atoms with Gasteiger partial charge in [0.1, 0.15) is 11.7 Å². The topological polar surface area (TPSA) is 18.8 Å². The molecule has 126 valence electrons. The molecule has 2 aromatic carbocycles. The number of benzene rings is 2. The minimum atomic E-state index is 0.973. The Hall–Kier alpha value is -2.20. The van der Waals surface area contributed by atoms with Crippen LogP contribution in [0.3, 0.4) is 0 Å². The van der Waals surface area contributed by atoms with Crippen LogP contribution in [0.5, 0.6) is 0 Å². The normalized spacial score (nSPS) is 18.8. The smallest absolute Gasteiger partial charge is 0.115 e. The molecule has 3 aliphatic heterocycles. The zero-order chi connectivity index (χ0) is 16.8. The molecule has 0 atom stereocenters. The third kappa shape index (κ3) is 2.47. The van der Waals surface area contributed by atoms with Crippen molar-refractivity contribution >= 4 is 29.0 Å². The number of rotatable bonds is 1. The zero-order valence-electron chi connectivity index (χ0n) is 14.4. The fraction of sp³-hybridized carbons (Fsp3) is 0.286. The molecule has 0 bridgehead atoms. The molecule has 2 aromatic rings. The summed E-state index contributed by atoms with van der Waals surface area (Å²) in [6.07, 6.45) is 5.74. The fourth-order valence-corrected chi connectivity index (χ4v) is 4.92. The van der Waals surface area contributed by atoms with Crippen molar-refractivity contribution in [3.05, 3.63) is 59.9 Å². The van der Waals surface area contributed by atoms with Crippen LogP contribution in [0.4, 0.5) is 11.4 Å². The number of fused-ring (bicyclic) bond motifs is 2. The Labute approximate surface area is 153 Å². The van der Waals surface area contributed by atoms with Crippen LogP contribution >= 0.6 is 11.8 Å². The van der Waals surface area contributed by atoms with Gasteiger partial charge in [0.25, 0.3) is 0 Å². The number of anilines is 2. The zero-order valence-corrected chi connectivity index (χ0v) is 15.2. The Morgan fingerprint density at radius 1 is 1.04 bits per heavy atom. The Kier molecular flexibility index (Phi) is 3.59. The molecule has 5 rings (SSSR count). The average Bonchev–Trinajstić information content (AvgIpc) is 3.31. The summed E-state index contributed by atoms with van der Waals surface area (Å²) in [5, 5.41) is 0. The van der Waals surface area contributed by atoms with Gasteiger partial charge in [-0.05, 0) is 55.7 Å². The summed E-state index contributed by atoms with van der Waals surface area (Å²) >= 11 is 1.87. The predicted molar refractivity (Wildman–Crippen MR) is 105 cm³/mol. The van der Waals surface area contributed by atoms with Gasteiger partial charge >= 0.3 is 0 Å². The van der Waals surface area contributed by atoms with Gasteiger partial charge in [0, 0.05) is 29.3 Å². The molecule has 0 saturated heterocycles. The summed E-state index contributed by atoms with van der Waals surface area (Å²) in [4.78, 5) is 12.3. The van der Waals surface area contributed by atoms with Crippen molar-refractivity contribution in [1.29, 1.82) is 0 Å². The third-order valence-corrected chi connectivity index (χ3v) is 6.16. The maximum atomic E-state index is 4.76. The summed E-state index contributed by atoms with van der Waals surface area (Å²) in [5.74, 6) is 2.54. The lowest BCUT2D eigenvalue weighted by molar-refractivity contribution is 0.541. The van der Waals surface area contributed by atoms with E-state index in [4.69, 9.17) is 4.99 Å². The van der Waals surface area contributed by atoms with Gasteiger partial charge in [0.15, 0.2) is 0 Å². The first kappa shape index (κ1) is 15.1. The number of para-hydroxylation sites is 1. The van der Waals surface area contributed by atoms with E-state index >= 15 is 0 Å². The molecule has 0 spiro atoms. The van der Waals surface area contributed by atoms with E-state index in [0.717, 1.165) is 25.9 Å². The molecular formula is C21H21N3S. The first-order valence-corrected chi connectivity index (χ1v) is 9.81. The molecule has 3 nitrogen and oxygen atoms in total. The molecule has 0 unspecified atom stereocenters. The van der Waals surface area contributed by atoms with E-state index in [0.29, 0.717) is 0 Å². The van der Waals surface area contributed by atoms with Crippen LogP contribution in [0.1, 0.15) is 24.8 Å². The van der Waals surface area contributed by atoms with E-state index in [9.17, 15) is 0 Å². The Morgan fingerprint density at radius 3 is 2.80 bits per heavy atom. The Balaban J connectivity index is 1.66. The van der Waals surface area contributed by atoms with Crippen molar-refractivity contribution in [3.63, 3.8) is 0 Å². The van der Waals surface area contributed by atoms with Crippen LogP contribution < -0.4 is 4.90 Å². The lowest BCUT2D eigenvalue weighted by atomic mass is 10.1. The quantitative estimate of drug-likeness (QED) is 0.694. The van der Waals surface area contributed by atoms with Gasteiger partial charge < -0.3 is 4.90 Å². The monoisotopic (exact) mass is 347 g/mol. The second-order valence-electron chi connectivity index (χ2n) is 6.78. The standard InChI is InChI=1S/C21H21N3S/c1-15-10-11-19-17(14-15)24(16-6-2-3-7-18(16)25-19)21-9-5-13-23(21)20-8-4-12-22-20/h2-3,6-7,9-11,14H,4-5,8,12-13H2,1H3. The molecular weight excluding hydrogens is 326 g/mol. The second-order valence-corrected chi connectivity index (χ2v) is 7.86. The summed E-state index contributed by atoms with van der Waals surface area (Å²) in [6.45, 7) is 4.19. The van der Waals surface area contributed by atoms with Crippen LogP contribution in [0.15, 0.2) is 69.1 Å². The maximum absolute atomic E-state index is 4.76. The molecule has 25 heavy (non-hydrogen) atoms. The van der Waals surface area contributed by atoms with E-state index in [2.05, 4.69) is 65.3 Å². The molecule has 0 amide bonds. The lowest BCUT2D eigenvalue weighted by Gasteiger charge is -2.37. The minimum Gasteiger partial charge on any atom is -0.316 e. The average molecular weight is 347 g/mol. The highest BCUT2D eigenvalue weighted by atomic mass is 32.2. The van der Waals surface area contributed by atoms with Crippen molar-refractivity contribution < 1.29 is 0 Å². The summed E-state index contributed by atoms with van der Waals surface area (Å²) in [6, 6.07) is 15.5. The summed E-state index contributed by atoms with van der Waals surface area (Å²) in [5.41, 5.74) is 3.87. The molecule has 0 saturated carbocycles. The van der Waals surface area contributed by atoms with Gasteiger partial charge in [0.2, 0.25) is 0 Å². The van der Waals surface area contributed by atoms with Gasteiger partial charge in [0.05, 0.1) is 11.4 Å². The summed E-state index contributed by atoms with van der Waals surface area (Å²) < 4.78 is 0. The molecule has 0 radical (unpaired) electrons. The first-order valence-electron chi connectivity index (χ1n) is 9.00. The van der Waals surface area contributed by atoms with Gasteiger partial charge in [-0.3, -0.25) is 9.89 Å². The molecule has 0 aromatic heterocycles. The number of amidine groups is 1. The fourth-order valence-electron chi connectivity index (χ4n) is 3.88. The van der Waals surface area contributed by atoms with Crippen LogP contribution in [-0.4, -0.2) is 23.8 Å².